The van der Waals surface area contributed by atoms with E-state index in [2.05, 4.69) is 10.6 Å². The Morgan fingerprint density at radius 3 is 2.67 bits per heavy atom. The van der Waals surface area contributed by atoms with E-state index >= 15 is 0 Å². The van der Waals surface area contributed by atoms with Gasteiger partial charge in [0, 0.05) is 25.2 Å². The van der Waals surface area contributed by atoms with Crippen molar-refractivity contribution in [2.24, 2.45) is 0 Å². The van der Waals surface area contributed by atoms with Gasteiger partial charge in [-0.1, -0.05) is 12.1 Å². The predicted octanol–water partition coefficient (Wildman–Crippen LogP) is 0.367. The number of carbonyl (C=O) groups is 4. The summed E-state index contributed by atoms with van der Waals surface area (Å²) in [5.74, 6) is -1.87. The number of imide groups is 1. The van der Waals surface area contributed by atoms with Crippen molar-refractivity contribution in [1.29, 1.82) is 0 Å². The molecule has 2 heterocycles. The highest BCUT2D eigenvalue weighted by Crippen LogP contribution is 2.32. The smallest absolute Gasteiger partial charge is 0.305 e. The molecule has 10 heteroatoms. The Morgan fingerprint density at radius 1 is 1.17 bits per heavy atom. The maximum absolute atomic E-state index is 13.0. The molecule has 0 aliphatic carbocycles. The Hall–Kier alpha value is -2.98. The molecule has 1 saturated heterocycles. The van der Waals surface area contributed by atoms with Crippen molar-refractivity contribution in [3.63, 3.8) is 0 Å². The molecule has 3 N–H and O–H groups in total. The van der Waals surface area contributed by atoms with E-state index in [0.29, 0.717) is 50.6 Å². The number of nitrogens with one attached hydrogen (secondary N) is 2. The molecule has 1 aromatic rings. The third-order valence-corrected chi connectivity index (χ3v) is 4.95. The highest BCUT2D eigenvalue weighted by atomic mass is 16.5. The highest BCUT2D eigenvalue weighted by molar-refractivity contribution is 6.07. The van der Waals surface area contributed by atoms with Crippen LogP contribution in [0.1, 0.15) is 35.2 Å². The number of carbonyl (C=O) groups excluding carboxylic acids is 3. The van der Waals surface area contributed by atoms with Gasteiger partial charge in [0.1, 0.15) is 6.04 Å². The summed E-state index contributed by atoms with van der Waals surface area (Å²) < 4.78 is 10.6. The lowest BCUT2D eigenvalue weighted by Gasteiger charge is -2.29. The minimum absolute atomic E-state index is 0.0372. The van der Waals surface area contributed by atoms with Gasteiger partial charge in [-0.05, 0) is 18.1 Å². The molecule has 2 aliphatic heterocycles. The second kappa shape index (κ2) is 10.2. The zero-order chi connectivity index (χ0) is 21.5. The highest BCUT2D eigenvalue weighted by Gasteiger charge is 2.40. The summed E-state index contributed by atoms with van der Waals surface area (Å²) in [4.78, 5) is 48.4. The minimum Gasteiger partial charge on any atom is -0.481 e. The standard InChI is InChI=1S/C20H25N3O7/c24-16-5-4-15(19(27)22-16)23-12-13-2-1-3-14(18(13)20(23)28)21-7-9-30-11-10-29-8-6-17(25)26/h1-3,15,21H,4-12H2,(H,25,26)(H,22,24,27). The molecule has 30 heavy (non-hydrogen) atoms. The molecule has 1 aromatic carbocycles. The van der Waals surface area contributed by atoms with Crippen LogP contribution >= 0.6 is 0 Å². The second-order valence-corrected chi connectivity index (χ2v) is 7.03. The molecule has 0 spiro atoms. The number of rotatable bonds is 11. The molecule has 1 unspecified atom stereocenters. The molecule has 1 fully saturated rings. The average Bonchev–Trinajstić information content (AvgIpc) is 3.03. The van der Waals surface area contributed by atoms with Crippen LogP contribution in [-0.2, 0) is 30.4 Å². The molecular formula is C20H25N3O7. The molecule has 3 rings (SSSR count). The normalized spacial score (nSPS) is 18.3. The monoisotopic (exact) mass is 419 g/mol. The molecule has 1 atom stereocenters. The largest absolute Gasteiger partial charge is 0.481 e. The first-order valence-corrected chi connectivity index (χ1v) is 9.85. The van der Waals surface area contributed by atoms with Gasteiger partial charge in [0.2, 0.25) is 11.8 Å². The Kier molecular flexibility index (Phi) is 7.36. The fraction of sp³-hybridized carbons (Fsp3) is 0.500. The maximum atomic E-state index is 13.0. The van der Waals surface area contributed by atoms with Crippen molar-refractivity contribution in [3.05, 3.63) is 29.3 Å². The predicted molar refractivity (Wildman–Crippen MR) is 105 cm³/mol. The number of carboxylic acids is 1. The summed E-state index contributed by atoms with van der Waals surface area (Å²) in [7, 11) is 0. The van der Waals surface area contributed by atoms with Crippen LogP contribution in [-0.4, -0.2) is 72.7 Å². The number of carboxylic acid groups (broad SMARTS) is 1. The molecule has 2 aliphatic rings. The van der Waals surface area contributed by atoms with Gasteiger partial charge in [-0.25, -0.2) is 0 Å². The number of fused-ring (bicyclic) bond motifs is 1. The SMILES string of the molecule is O=C(O)CCOCCOCCNc1cccc2c1C(=O)N(C1CCC(=O)NC1=O)C2. The van der Waals surface area contributed by atoms with Crippen molar-refractivity contribution >= 4 is 29.4 Å². The number of anilines is 1. The molecule has 162 valence electrons. The summed E-state index contributed by atoms with van der Waals surface area (Å²) in [5.41, 5.74) is 2.05. The fourth-order valence-corrected chi connectivity index (χ4v) is 3.50. The molecular weight excluding hydrogens is 394 g/mol. The zero-order valence-electron chi connectivity index (χ0n) is 16.5. The summed E-state index contributed by atoms with van der Waals surface area (Å²) in [5, 5.41) is 14.0. The van der Waals surface area contributed by atoms with E-state index in [-0.39, 0.29) is 31.3 Å². The Labute approximate surface area is 173 Å². The summed E-state index contributed by atoms with van der Waals surface area (Å²) >= 11 is 0. The van der Waals surface area contributed by atoms with Crippen LogP contribution in [0.15, 0.2) is 18.2 Å². The van der Waals surface area contributed by atoms with E-state index in [1.807, 2.05) is 12.1 Å². The van der Waals surface area contributed by atoms with E-state index in [9.17, 15) is 19.2 Å². The van der Waals surface area contributed by atoms with Crippen molar-refractivity contribution < 1.29 is 33.8 Å². The van der Waals surface area contributed by atoms with Crippen LogP contribution in [0, 0.1) is 0 Å². The topological polar surface area (TPSA) is 134 Å². The molecule has 0 radical (unpaired) electrons. The third-order valence-electron chi connectivity index (χ3n) is 4.95. The number of piperidine rings is 1. The second-order valence-electron chi connectivity index (χ2n) is 7.03. The van der Waals surface area contributed by atoms with Gasteiger partial charge in [0.15, 0.2) is 0 Å². The number of ether oxygens (including phenoxy) is 2. The lowest BCUT2D eigenvalue weighted by Crippen LogP contribution is -2.52. The van der Waals surface area contributed by atoms with Crippen LogP contribution in [0.2, 0.25) is 0 Å². The van der Waals surface area contributed by atoms with Crippen LogP contribution in [0.5, 0.6) is 0 Å². The molecule has 3 amide bonds. The Bertz CT molecular complexity index is 827. The van der Waals surface area contributed by atoms with Gasteiger partial charge in [-0.3, -0.25) is 24.5 Å². The van der Waals surface area contributed by atoms with Gasteiger partial charge in [0.05, 0.1) is 38.4 Å². The first-order valence-electron chi connectivity index (χ1n) is 9.85. The van der Waals surface area contributed by atoms with Crippen LogP contribution in [0.4, 0.5) is 5.69 Å². The van der Waals surface area contributed by atoms with Crippen LogP contribution in [0.3, 0.4) is 0 Å². The van der Waals surface area contributed by atoms with E-state index in [1.165, 1.54) is 4.90 Å². The van der Waals surface area contributed by atoms with Crippen molar-refractivity contribution in [1.82, 2.24) is 10.2 Å². The van der Waals surface area contributed by atoms with Gasteiger partial charge in [0.25, 0.3) is 5.91 Å². The van der Waals surface area contributed by atoms with Gasteiger partial charge < -0.3 is 24.8 Å². The van der Waals surface area contributed by atoms with Crippen LogP contribution in [0.25, 0.3) is 0 Å². The van der Waals surface area contributed by atoms with E-state index in [0.717, 1.165) is 5.56 Å². The van der Waals surface area contributed by atoms with Crippen LogP contribution < -0.4 is 10.6 Å². The average molecular weight is 419 g/mol. The Balaban J connectivity index is 1.47. The number of aliphatic carboxylic acids is 1. The van der Waals surface area contributed by atoms with Crippen molar-refractivity contribution in [3.8, 4) is 0 Å². The van der Waals surface area contributed by atoms with Crippen molar-refractivity contribution in [2.45, 2.75) is 31.8 Å². The summed E-state index contributed by atoms with van der Waals surface area (Å²) in [6.45, 7) is 2.00. The van der Waals surface area contributed by atoms with Gasteiger partial charge in [-0.2, -0.15) is 0 Å². The fourth-order valence-electron chi connectivity index (χ4n) is 3.50. The van der Waals surface area contributed by atoms with Gasteiger partial charge in [-0.15, -0.1) is 0 Å². The first-order chi connectivity index (χ1) is 14.5. The number of hydrogen-bond donors (Lipinski definition) is 3. The number of benzene rings is 1. The van der Waals surface area contributed by atoms with Gasteiger partial charge >= 0.3 is 5.97 Å². The molecule has 0 bridgehead atoms. The lowest BCUT2D eigenvalue weighted by molar-refractivity contribution is -0.139. The van der Waals surface area contributed by atoms with E-state index < -0.39 is 17.9 Å². The van der Waals surface area contributed by atoms with Crippen molar-refractivity contribution in [2.75, 3.05) is 38.3 Å². The maximum Gasteiger partial charge on any atom is 0.305 e. The third kappa shape index (κ3) is 5.33. The first kappa shape index (κ1) is 21.7. The number of hydrogen-bond acceptors (Lipinski definition) is 7. The van der Waals surface area contributed by atoms with E-state index in [4.69, 9.17) is 14.6 Å². The summed E-state index contributed by atoms with van der Waals surface area (Å²) in [6, 6.07) is 4.87. The minimum atomic E-state index is -0.902. The zero-order valence-corrected chi connectivity index (χ0v) is 16.5. The summed E-state index contributed by atoms with van der Waals surface area (Å²) in [6.07, 6.45) is 0.513. The lowest BCUT2D eigenvalue weighted by atomic mass is 10.0. The quantitative estimate of drug-likeness (QED) is 0.346. The number of amides is 3. The molecule has 10 nitrogen and oxygen atoms in total. The Morgan fingerprint density at radius 2 is 1.93 bits per heavy atom. The molecule has 0 aromatic heterocycles. The van der Waals surface area contributed by atoms with E-state index in [1.54, 1.807) is 6.07 Å². The number of nitrogens with zero attached hydrogens (tertiary/aromatic N) is 1. The molecule has 0 saturated carbocycles.